The number of hydrogen-bond acceptors (Lipinski definition) is 3. The van der Waals surface area contributed by atoms with E-state index in [0.717, 1.165) is 15.7 Å². The molecule has 0 saturated carbocycles. The lowest BCUT2D eigenvalue weighted by atomic mass is 10.1. The van der Waals surface area contributed by atoms with Crippen LogP contribution in [0.15, 0.2) is 41.0 Å². The predicted octanol–water partition coefficient (Wildman–Crippen LogP) is 2.48. The van der Waals surface area contributed by atoms with E-state index in [2.05, 4.69) is 31.4 Å². The highest BCUT2D eigenvalue weighted by Crippen LogP contribution is 2.20. The summed E-state index contributed by atoms with van der Waals surface area (Å²) in [4.78, 5) is 12.0. The van der Waals surface area contributed by atoms with Gasteiger partial charge in [0.2, 0.25) is 0 Å². The minimum Gasteiger partial charge on any atom is -0.346 e. The molecule has 0 radical (unpaired) electrons. The first-order valence-corrected chi connectivity index (χ1v) is 6.27. The van der Waals surface area contributed by atoms with Gasteiger partial charge in [0.15, 0.2) is 0 Å². The standard InChI is InChI=1S/C13H12BrN3O/c1-9-4-2-6-11(12(9)14)13(18)15-8-10-5-3-7-16-17-10/h2-7H,8H2,1H3,(H,15,18). The van der Waals surface area contributed by atoms with Crippen molar-refractivity contribution < 1.29 is 4.79 Å². The van der Waals surface area contributed by atoms with Crippen molar-refractivity contribution in [1.29, 1.82) is 0 Å². The van der Waals surface area contributed by atoms with Crippen LogP contribution in [0.4, 0.5) is 0 Å². The van der Waals surface area contributed by atoms with Gasteiger partial charge in [0, 0.05) is 10.7 Å². The Bertz CT molecular complexity index is 557. The zero-order valence-electron chi connectivity index (χ0n) is 9.85. The van der Waals surface area contributed by atoms with Gasteiger partial charge in [-0.05, 0) is 46.6 Å². The molecule has 0 aliphatic heterocycles. The number of carbonyl (C=O) groups is 1. The Hall–Kier alpha value is -1.75. The number of amides is 1. The Morgan fingerprint density at radius 2 is 2.17 bits per heavy atom. The smallest absolute Gasteiger partial charge is 0.252 e. The van der Waals surface area contributed by atoms with Crippen LogP contribution in [0.5, 0.6) is 0 Å². The van der Waals surface area contributed by atoms with E-state index in [1.165, 1.54) is 0 Å². The molecule has 0 atom stereocenters. The molecule has 92 valence electrons. The normalized spacial score (nSPS) is 10.1. The largest absolute Gasteiger partial charge is 0.346 e. The molecule has 18 heavy (non-hydrogen) atoms. The van der Waals surface area contributed by atoms with E-state index in [1.54, 1.807) is 18.3 Å². The third-order valence-corrected chi connectivity index (χ3v) is 3.55. The number of rotatable bonds is 3. The summed E-state index contributed by atoms with van der Waals surface area (Å²) in [5.41, 5.74) is 2.38. The van der Waals surface area contributed by atoms with Gasteiger partial charge in [-0.3, -0.25) is 4.79 Å². The predicted molar refractivity (Wildman–Crippen MR) is 72.1 cm³/mol. The zero-order valence-corrected chi connectivity index (χ0v) is 11.4. The molecule has 1 aromatic carbocycles. The average Bonchev–Trinajstić information content (AvgIpc) is 2.40. The van der Waals surface area contributed by atoms with Crippen molar-refractivity contribution in [3.05, 3.63) is 57.8 Å². The number of aromatic nitrogens is 2. The summed E-state index contributed by atoms with van der Waals surface area (Å²) in [6.07, 6.45) is 1.60. The monoisotopic (exact) mass is 305 g/mol. The summed E-state index contributed by atoms with van der Waals surface area (Å²) in [5.74, 6) is -0.128. The van der Waals surface area contributed by atoms with Crippen molar-refractivity contribution in [3.63, 3.8) is 0 Å². The minimum atomic E-state index is -0.128. The number of halogens is 1. The Morgan fingerprint density at radius 3 is 2.89 bits per heavy atom. The van der Waals surface area contributed by atoms with Crippen LogP contribution in [-0.2, 0) is 6.54 Å². The van der Waals surface area contributed by atoms with Gasteiger partial charge in [0.05, 0.1) is 17.8 Å². The van der Waals surface area contributed by atoms with E-state index in [4.69, 9.17) is 0 Å². The summed E-state index contributed by atoms with van der Waals surface area (Å²) < 4.78 is 0.821. The van der Waals surface area contributed by atoms with Crippen molar-refractivity contribution in [3.8, 4) is 0 Å². The lowest BCUT2D eigenvalue weighted by Gasteiger charge is -2.07. The summed E-state index contributed by atoms with van der Waals surface area (Å²) >= 11 is 3.42. The summed E-state index contributed by atoms with van der Waals surface area (Å²) in [6.45, 7) is 2.32. The van der Waals surface area contributed by atoms with E-state index in [1.807, 2.05) is 25.1 Å². The van der Waals surface area contributed by atoms with Gasteiger partial charge in [-0.2, -0.15) is 10.2 Å². The molecular weight excluding hydrogens is 294 g/mol. The van der Waals surface area contributed by atoms with Crippen LogP contribution in [0.2, 0.25) is 0 Å². The van der Waals surface area contributed by atoms with E-state index in [0.29, 0.717) is 12.1 Å². The maximum absolute atomic E-state index is 12.0. The van der Waals surface area contributed by atoms with Crippen molar-refractivity contribution in [2.24, 2.45) is 0 Å². The molecule has 0 aliphatic carbocycles. The van der Waals surface area contributed by atoms with Gasteiger partial charge in [-0.25, -0.2) is 0 Å². The zero-order chi connectivity index (χ0) is 13.0. The molecule has 4 nitrogen and oxygen atoms in total. The Balaban J connectivity index is 2.07. The molecule has 2 rings (SSSR count). The van der Waals surface area contributed by atoms with Crippen LogP contribution in [-0.4, -0.2) is 16.1 Å². The molecule has 0 aliphatic rings. The second-order valence-electron chi connectivity index (χ2n) is 3.83. The molecule has 0 unspecified atom stereocenters. The Morgan fingerprint density at radius 1 is 1.33 bits per heavy atom. The molecule has 0 saturated heterocycles. The first-order valence-electron chi connectivity index (χ1n) is 5.48. The molecule has 2 aromatic rings. The van der Waals surface area contributed by atoms with E-state index < -0.39 is 0 Å². The van der Waals surface area contributed by atoms with Gasteiger partial charge in [-0.15, -0.1) is 0 Å². The number of nitrogens with zero attached hydrogens (tertiary/aromatic N) is 2. The minimum absolute atomic E-state index is 0.128. The second-order valence-corrected chi connectivity index (χ2v) is 4.63. The molecule has 1 N–H and O–H groups in total. The lowest BCUT2D eigenvalue weighted by molar-refractivity contribution is 0.0949. The fraction of sp³-hybridized carbons (Fsp3) is 0.154. The van der Waals surface area contributed by atoms with Crippen molar-refractivity contribution in [2.45, 2.75) is 13.5 Å². The number of aryl methyl sites for hydroxylation is 1. The Labute approximate surface area is 114 Å². The highest BCUT2D eigenvalue weighted by Gasteiger charge is 2.10. The van der Waals surface area contributed by atoms with Gasteiger partial charge in [0.25, 0.3) is 5.91 Å². The van der Waals surface area contributed by atoms with Gasteiger partial charge < -0.3 is 5.32 Å². The third kappa shape index (κ3) is 2.92. The number of carbonyl (C=O) groups excluding carboxylic acids is 1. The molecular formula is C13H12BrN3O. The number of hydrogen-bond donors (Lipinski definition) is 1. The van der Waals surface area contributed by atoms with Gasteiger partial charge >= 0.3 is 0 Å². The Kier molecular flexibility index (Phi) is 4.04. The third-order valence-electron chi connectivity index (χ3n) is 2.49. The van der Waals surface area contributed by atoms with Crippen LogP contribution in [0, 0.1) is 6.92 Å². The highest BCUT2D eigenvalue weighted by molar-refractivity contribution is 9.10. The van der Waals surface area contributed by atoms with Crippen LogP contribution in [0.25, 0.3) is 0 Å². The highest BCUT2D eigenvalue weighted by atomic mass is 79.9. The first-order chi connectivity index (χ1) is 8.68. The van der Waals surface area contributed by atoms with Crippen molar-refractivity contribution in [2.75, 3.05) is 0 Å². The van der Waals surface area contributed by atoms with Gasteiger partial charge in [0.1, 0.15) is 0 Å². The summed E-state index contributed by atoms with van der Waals surface area (Å²) in [5, 5.41) is 10.5. The topological polar surface area (TPSA) is 54.9 Å². The van der Waals surface area contributed by atoms with Crippen molar-refractivity contribution in [1.82, 2.24) is 15.5 Å². The number of nitrogens with one attached hydrogen (secondary N) is 1. The number of benzene rings is 1. The molecule has 0 bridgehead atoms. The fourth-order valence-corrected chi connectivity index (χ4v) is 1.96. The van der Waals surface area contributed by atoms with Crippen molar-refractivity contribution >= 4 is 21.8 Å². The lowest BCUT2D eigenvalue weighted by Crippen LogP contribution is -2.23. The summed E-state index contributed by atoms with van der Waals surface area (Å²) in [7, 11) is 0. The van der Waals surface area contributed by atoms with Crippen LogP contribution in [0.3, 0.4) is 0 Å². The maximum atomic E-state index is 12.0. The first kappa shape index (κ1) is 12.7. The molecule has 0 fully saturated rings. The second kappa shape index (κ2) is 5.73. The SMILES string of the molecule is Cc1cccc(C(=O)NCc2cccnn2)c1Br. The molecule has 0 spiro atoms. The van der Waals surface area contributed by atoms with Crippen LogP contribution >= 0.6 is 15.9 Å². The van der Waals surface area contributed by atoms with Crippen LogP contribution < -0.4 is 5.32 Å². The molecule has 1 amide bonds. The molecule has 1 heterocycles. The van der Waals surface area contributed by atoms with Gasteiger partial charge in [-0.1, -0.05) is 12.1 Å². The van der Waals surface area contributed by atoms with E-state index in [-0.39, 0.29) is 5.91 Å². The maximum Gasteiger partial charge on any atom is 0.252 e. The quantitative estimate of drug-likeness (QED) is 0.948. The fourth-order valence-electron chi connectivity index (χ4n) is 1.52. The molecule has 5 heteroatoms. The van der Waals surface area contributed by atoms with E-state index >= 15 is 0 Å². The molecule has 1 aromatic heterocycles. The summed E-state index contributed by atoms with van der Waals surface area (Å²) in [6, 6.07) is 9.19. The van der Waals surface area contributed by atoms with E-state index in [9.17, 15) is 4.79 Å². The average molecular weight is 306 g/mol. The van der Waals surface area contributed by atoms with Crippen LogP contribution in [0.1, 0.15) is 21.6 Å².